The van der Waals surface area contributed by atoms with E-state index >= 15 is 0 Å². The lowest BCUT2D eigenvalue weighted by molar-refractivity contribution is -0.143. The summed E-state index contributed by atoms with van der Waals surface area (Å²) in [5.41, 5.74) is 0.174. The van der Waals surface area contributed by atoms with Crippen molar-refractivity contribution in [2.24, 2.45) is 5.41 Å². The fourth-order valence-corrected chi connectivity index (χ4v) is 1.82. The number of hydrogen-bond acceptors (Lipinski definition) is 4. The van der Waals surface area contributed by atoms with Crippen molar-refractivity contribution in [1.29, 1.82) is 0 Å². The molecule has 0 unspecified atom stereocenters. The normalized spacial score (nSPS) is 13.5. The number of carbonyl (C=O) groups is 2. The van der Waals surface area contributed by atoms with Crippen LogP contribution in [0.4, 0.5) is 4.79 Å². The molecule has 0 bridgehead atoms. The predicted molar refractivity (Wildman–Crippen MR) is 84.3 cm³/mol. The van der Waals surface area contributed by atoms with Crippen LogP contribution in [0.2, 0.25) is 0 Å². The SMILES string of the molecule is [2H]CC(C[2H])(CC)C[C@H](NC(=O)OCc1ccccc1)C(=O)OC. The van der Waals surface area contributed by atoms with Crippen molar-refractivity contribution < 1.29 is 21.8 Å². The van der Waals surface area contributed by atoms with Crippen molar-refractivity contribution >= 4 is 12.1 Å². The molecule has 1 N–H and O–H groups in total. The minimum absolute atomic E-state index is 0.00123. The van der Waals surface area contributed by atoms with Gasteiger partial charge in [-0.15, -0.1) is 0 Å². The van der Waals surface area contributed by atoms with Gasteiger partial charge in [0.25, 0.3) is 0 Å². The molecular formula is C17H25NO4. The van der Waals surface area contributed by atoms with Crippen LogP contribution in [0.1, 0.15) is 41.9 Å². The number of alkyl carbamates (subject to hydrolysis) is 1. The second-order valence-electron chi connectivity index (χ2n) is 5.34. The molecule has 5 nitrogen and oxygen atoms in total. The molecule has 0 aliphatic carbocycles. The molecule has 0 heterocycles. The van der Waals surface area contributed by atoms with Crippen LogP contribution in [0.15, 0.2) is 30.3 Å². The average molecular weight is 309 g/mol. The van der Waals surface area contributed by atoms with Crippen LogP contribution in [0.25, 0.3) is 0 Å². The summed E-state index contributed by atoms with van der Waals surface area (Å²) in [4.78, 5) is 23.9. The average Bonchev–Trinajstić information content (AvgIpc) is 2.64. The standard InChI is InChI=1S/C17H25NO4/c1-5-17(2,3)11-14(15(19)21-4)18-16(20)22-12-13-9-7-6-8-10-13/h6-10,14H,5,11-12H2,1-4H3,(H,18,20)/t14-/m0/s1/i2D,3D. The van der Waals surface area contributed by atoms with Gasteiger partial charge in [0, 0.05) is 2.74 Å². The van der Waals surface area contributed by atoms with Crippen LogP contribution in [0, 0.1) is 5.41 Å². The van der Waals surface area contributed by atoms with Crippen molar-refractivity contribution in [2.45, 2.75) is 46.2 Å². The molecule has 22 heavy (non-hydrogen) atoms. The molecule has 5 heteroatoms. The number of amides is 1. The maximum absolute atomic E-state index is 12.0. The molecule has 0 aromatic heterocycles. The highest BCUT2D eigenvalue weighted by Crippen LogP contribution is 2.26. The van der Waals surface area contributed by atoms with E-state index in [2.05, 4.69) is 5.32 Å². The summed E-state index contributed by atoms with van der Waals surface area (Å²) in [6.07, 6.45) is 0.00640. The Morgan fingerprint density at radius 2 is 2.00 bits per heavy atom. The molecule has 0 fully saturated rings. The minimum Gasteiger partial charge on any atom is -0.467 e. The van der Waals surface area contributed by atoms with Gasteiger partial charge in [-0.3, -0.25) is 0 Å². The summed E-state index contributed by atoms with van der Waals surface area (Å²) in [7, 11) is 1.24. The van der Waals surface area contributed by atoms with Crippen molar-refractivity contribution in [3.05, 3.63) is 35.9 Å². The van der Waals surface area contributed by atoms with E-state index in [9.17, 15) is 9.59 Å². The lowest BCUT2D eigenvalue weighted by Crippen LogP contribution is -2.44. The Morgan fingerprint density at radius 3 is 2.55 bits per heavy atom. The topological polar surface area (TPSA) is 64.6 Å². The Bertz CT molecular complexity index is 512. The van der Waals surface area contributed by atoms with Gasteiger partial charge in [0.15, 0.2) is 0 Å². The van der Waals surface area contributed by atoms with Crippen LogP contribution >= 0.6 is 0 Å². The summed E-state index contributed by atoms with van der Waals surface area (Å²) in [5, 5.41) is 2.49. The zero-order chi connectivity index (χ0) is 18.0. The van der Waals surface area contributed by atoms with Gasteiger partial charge in [0.1, 0.15) is 12.6 Å². The first kappa shape index (κ1) is 14.9. The molecule has 1 atom stereocenters. The second-order valence-corrected chi connectivity index (χ2v) is 5.34. The number of carbonyl (C=O) groups excluding carboxylic acids is 2. The Kier molecular flexibility index (Phi) is 5.69. The molecule has 0 saturated carbocycles. The summed E-state index contributed by atoms with van der Waals surface area (Å²) < 4.78 is 25.2. The molecule has 1 amide bonds. The predicted octanol–water partition coefficient (Wildman–Crippen LogP) is 3.28. The van der Waals surface area contributed by atoms with Gasteiger partial charge in [0.05, 0.1) is 7.11 Å². The van der Waals surface area contributed by atoms with E-state index in [-0.39, 0.29) is 26.8 Å². The number of methoxy groups -OCH3 is 1. The molecule has 0 saturated heterocycles. The Morgan fingerprint density at radius 1 is 1.32 bits per heavy atom. The Balaban J connectivity index is 2.68. The van der Waals surface area contributed by atoms with Crippen molar-refractivity contribution in [3.8, 4) is 0 Å². The van der Waals surface area contributed by atoms with Crippen molar-refractivity contribution in [2.75, 3.05) is 7.11 Å². The first-order valence-electron chi connectivity index (χ1n) is 8.55. The van der Waals surface area contributed by atoms with Gasteiger partial charge in [-0.1, -0.05) is 57.5 Å². The first-order chi connectivity index (χ1) is 11.5. The molecule has 0 aliphatic rings. The summed E-state index contributed by atoms with van der Waals surface area (Å²) in [6.45, 7) is 1.96. The Labute approximate surface area is 134 Å². The minimum atomic E-state index is -0.936. The summed E-state index contributed by atoms with van der Waals surface area (Å²) in [5.74, 6) is -0.605. The molecule has 1 aromatic carbocycles. The van der Waals surface area contributed by atoms with Crippen LogP contribution in [-0.4, -0.2) is 25.2 Å². The van der Waals surface area contributed by atoms with E-state index in [0.717, 1.165) is 5.56 Å². The number of benzene rings is 1. The third-order valence-corrected chi connectivity index (χ3v) is 3.38. The van der Waals surface area contributed by atoms with Crippen LogP contribution in [0.5, 0.6) is 0 Å². The van der Waals surface area contributed by atoms with E-state index < -0.39 is 23.5 Å². The molecule has 0 spiro atoms. The zero-order valence-corrected chi connectivity index (χ0v) is 13.1. The number of ether oxygens (including phenoxy) is 2. The lowest BCUT2D eigenvalue weighted by Gasteiger charge is -2.27. The van der Waals surface area contributed by atoms with E-state index in [1.165, 1.54) is 7.11 Å². The largest absolute Gasteiger partial charge is 0.467 e. The van der Waals surface area contributed by atoms with Crippen LogP contribution in [-0.2, 0) is 20.9 Å². The summed E-state index contributed by atoms with van der Waals surface area (Å²) in [6, 6.07) is 8.26. The van der Waals surface area contributed by atoms with Gasteiger partial charge < -0.3 is 14.8 Å². The maximum Gasteiger partial charge on any atom is 0.408 e. The Hall–Kier alpha value is -2.04. The molecular weight excluding hydrogens is 282 g/mol. The smallest absolute Gasteiger partial charge is 0.408 e. The zero-order valence-electron chi connectivity index (χ0n) is 15.1. The van der Waals surface area contributed by atoms with E-state index in [0.29, 0.717) is 6.42 Å². The van der Waals surface area contributed by atoms with Gasteiger partial charge >= 0.3 is 12.1 Å². The highest BCUT2D eigenvalue weighted by atomic mass is 16.6. The van der Waals surface area contributed by atoms with Gasteiger partial charge in [-0.05, 0) is 17.4 Å². The van der Waals surface area contributed by atoms with E-state index in [4.69, 9.17) is 12.2 Å². The fourth-order valence-electron chi connectivity index (χ4n) is 1.82. The van der Waals surface area contributed by atoms with Crippen molar-refractivity contribution in [3.63, 3.8) is 0 Å². The highest BCUT2D eigenvalue weighted by molar-refractivity contribution is 5.81. The van der Waals surface area contributed by atoms with Gasteiger partial charge in [-0.2, -0.15) is 0 Å². The quantitative estimate of drug-likeness (QED) is 0.785. The van der Waals surface area contributed by atoms with Gasteiger partial charge in [0.2, 0.25) is 0 Å². The maximum atomic E-state index is 12.0. The van der Waals surface area contributed by atoms with E-state index in [1.54, 1.807) is 0 Å². The molecule has 0 radical (unpaired) electrons. The first-order valence-corrected chi connectivity index (χ1v) is 7.13. The molecule has 122 valence electrons. The molecule has 1 aromatic rings. The van der Waals surface area contributed by atoms with E-state index in [1.807, 2.05) is 37.3 Å². The number of esters is 1. The lowest BCUT2D eigenvalue weighted by atomic mass is 9.83. The third kappa shape index (κ3) is 6.16. The fraction of sp³-hybridized carbons (Fsp3) is 0.529. The van der Waals surface area contributed by atoms with Crippen molar-refractivity contribution in [1.82, 2.24) is 5.32 Å². The number of hydrogen-bond donors (Lipinski definition) is 1. The van der Waals surface area contributed by atoms with Crippen LogP contribution < -0.4 is 5.32 Å². The molecule has 0 aliphatic heterocycles. The molecule has 1 rings (SSSR count). The summed E-state index contributed by atoms with van der Waals surface area (Å²) >= 11 is 0. The number of nitrogens with one attached hydrogen (secondary N) is 1. The second kappa shape index (κ2) is 8.41. The highest BCUT2D eigenvalue weighted by Gasteiger charge is 2.29. The van der Waals surface area contributed by atoms with Crippen LogP contribution in [0.3, 0.4) is 0 Å². The third-order valence-electron chi connectivity index (χ3n) is 3.38. The van der Waals surface area contributed by atoms with Gasteiger partial charge in [-0.25, -0.2) is 9.59 Å². The monoisotopic (exact) mass is 309 g/mol. The number of rotatable bonds is 7.